The topological polar surface area (TPSA) is 38.5 Å². The zero-order valence-corrected chi connectivity index (χ0v) is 9.82. The number of rotatable bonds is 2. The fraction of sp³-hybridized carbons (Fsp3) is 1.00. The van der Waals surface area contributed by atoms with Gasteiger partial charge in [-0.3, -0.25) is 4.90 Å². The van der Waals surface area contributed by atoms with Crippen LogP contribution in [0.1, 0.15) is 39.0 Å². The molecule has 15 heavy (non-hydrogen) atoms. The van der Waals surface area contributed by atoms with Crippen LogP contribution < -0.4 is 5.73 Å². The second-order valence-corrected chi connectivity index (χ2v) is 5.03. The average Bonchev–Trinajstić information content (AvgIpc) is 2.30. The van der Waals surface area contributed by atoms with Crippen LogP contribution in [0, 0.1) is 0 Å². The maximum Gasteiger partial charge on any atom is 0.0621 e. The lowest BCUT2D eigenvalue weighted by atomic mass is 9.93. The van der Waals surface area contributed by atoms with E-state index in [-0.39, 0.29) is 0 Å². The minimum atomic E-state index is 0.298. The van der Waals surface area contributed by atoms with E-state index in [2.05, 4.69) is 11.8 Å². The summed E-state index contributed by atoms with van der Waals surface area (Å²) >= 11 is 0. The molecule has 0 aromatic heterocycles. The zero-order chi connectivity index (χ0) is 10.7. The number of piperidine rings is 1. The summed E-state index contributed by atoms with van der Waals surface area (Å²) in [6.45, 7) is 5.24. The molecule has 88 valence electrons. The SMILES string of the molecule is CC(N)C1CCCCN1C1CCCOC1. The van der Waals surface area contributed by atoms with Crippen LogP contribution in [0.2, 0.25) is 0 Å². The summed E-state index contributed by atoms with van der Waals surface area (Å²) in [5.41, 5.74) is 6.08. The minimum absolute atomic E-state index is 0.298. The first-order valence-corrected chi connectivity index (χ1v) is 6.38. The molecule has 0 aliphatic carbocycles. The normalized spacial score (nSPS) is 36.4. The lowest BCUT2D eigenvalue weighted by molar-refractivity contribution is -0.0156. The maximum absolute atomic E-state index is 6.08. The van der Waals surface area contributed by atoms with E-state index in [9.17, 15) is 0 Å². The van der Waals surface area contributed by atoms with Crippen LogP contribution in [0.5, 0.6) is 0 Å². The van der Waals surface area contributed by atoms with Gasteiger partial charge in [0.2, 0.25) is 0 Å². The summed E-state index contributed by atoms with van der Waals surface area (Å²) in [6, 6.07) is 1.52. The van der Waals surface area contributed by atoms with Crippen molar-refractivity contribution in [3.8, 4) is 0 Å². The van der Waals surface area contributed by atoms with Gasteiger partial charge in [-0.15, -0.1) is 0 Å². The van der Waals surface area contributed by atoms with Crippen molar-refractivity contribution < 1.29 is 4.74 Å². The third kappa shape index (κ3) is 2.71. The van der Waals surface area contributed by atoms with Crippen LogP contribution in [0.3, 0.4) is 0 Å². The standard InChI is InChI=1S/C12H24N2O/c1-10(13)12-6-2-3-7-14(12)11-5-4-8-15-9-11/h10-12H,2-9,13H2,1H3. The first kappa shape index (κ1) is 11.4. The van der Waals surface area contributed by atoms with Gasteiger partial charge in [-0.05, 0) is 39.2 Å². The molecule has 3 heteroatoms. The van der Waals surface area contributed by atoms with E-state index in [0.29, 0.717) is 18.1 Å². The molecule has 0 spiro atoms. The maximum atomic E-state index is 6.08. The predicted molar refractivity (Wildman–Crippen MR) is 61.8 cm³/mol. The average molecular weight is 212 g/mol. The van der Waals surface area contributed by atoms with Gasteiger partial charge in [0.25, 0.3) is 0 Å². The molecule has 2 aliphatic heterocycles. The molecule has 0 saturated carbocycles. The lowest BCUT2D eigenvalue weighted by Crippen LogP contribution is -2.55. The summed E-state index contributed by atoms with van der Waals surface area (Å²) in [7, 11) is 0. The van der Waals surface area contributed by atoms with Crippen LogP contribution >= 0.6 is 0 Å². The van der Waals surface area contributed by atoms with Gasteiger partial charge >= 0.3 is 0 Å². The Morgan fingerprint density at radius 1 is 1.27 bits per heavy atom. The van der Waals surface area contributed by atoms with Crippen LogP contribution in [-0.2, 0) is 4.74 Å². The highest BCUT2D eigenvalue weighted by atomic mass is 16.5. The molecule has 2 N–H and O–H groups in total. The van der Waals surface area contributed by atoms with Crippen LogP contribution in [0.15, 0.2) is 0 Å². The highest BCUT2D eigenvalue weighted by Gasteiger charge is 2.31. The molecule has 2 saturated heterocycles. The van der Waals surface area contributed by atoms with E-state index in [0.717, 1.165) is 13.2 Å². The van der Waals surface area contributed by atoms with Gasteiger partial charge in [-0.2, -0.15) is 0 Å². The molecule has 0 aromatic carbocycles. The van der Waals surface area contributed by atoms with E-state index < -0.39 is 0 Å². The van der Waals surface area contributed by atoms with Crippen molar-refractivity contribution in [2.24, 2.45) is 5.73 Å². The molecule has 0 bridgehead atoms. The molecule has 0 amide bonds. The highest BCUT2D eigenvalue weighted by molar-refractivity contribution is 4.88. The summed E-state index contributed by atoms with van der Waals surface area (Å²) in [5.74, 6) is 0. The Kier molecular flexibility index (Phi) is 4.00. The first-order chi connectivity index (χ1) is 7.29. The van der Waals surface area contributed by atoms with Gasteiger partial charge in [0, 0.05) is 24.7 Å². The van der Waals surface area contributed by atoms with Gasteiger partial charge in [0.15, 0.2) is 0 Å². The molecule has 2 rings (SSSR count). The van der Waals surface area contributed by atoms with Gasteiger partial charge in [-0.1, -0.05) is 6.42 Å². The Hall–Kier alpha value is -0.120. The van der Waals surface area contributed by atoms with E-state index >= 15 is 0 Å². The zero-order valence-electron chi connectivity index (χ0n) is 9.82. The Morgan fingerprint density at radius 2 is 2.13 bits per heavy atom. The summed E-state index contributed by atoms with van der Waals surface area (Å²) in [6.07, 6.45) is 6.46. The molecule has 3 nitrogen and oxygen atoms in total. The van der Waals surface area contributed by atoms with E-state index in [1.54, 1.807) is 0 Å². The summed E-state index contributed by atoms with van der Waals surface area (Å²) in [5, 5.41) is 0. The van der Waals surface area contributed by atoms with Gasteiger partial charge in [0.05, 0.1) is 6.61 Å². The molecular weight excluding hydrogens is 188 g/mol. The van der Waals surface area contributed by atoms with Crippen molar-refractivity contribution >= 4 is 0 Å². The van der Waals surface area contributed by atoms with Crippen LogP contribution in [0.25, 0.3) is 0 Å². The number of nitrogens with zero attached hydrogens (tertiary/aromatic N) is 1. The van der Waals surface area contributed by atoms with E-state index in [1.165, 1.54) is 38.6 Å². The summed E-state index contributed by atoms with van der Waals surface area (Å²) < 4.78 is 5.58. The minimum Gasteiger partial charge on any atom is -0.380 e. The molecule has 2 fully saturated rings. The quantitative estimate of drug-likeness (QED) is 0.751. The second-order valence-electron chi connectivity index (χ2n) is 5.03. The number of hydrogen-bond donors (Lipinski definition) is 1. The molecule has 0 aromatic rings. The number of ether oxygens (including phenoxy) is 1. The fourth-order valence-corrected chi connectivity index (χ4v) is 2.98. The Bertz CT molecular complexity index is 190. The number of likely N-dealkylation sites (tertiary alicyclic amines) is 1. The predicted octanol–water partition coefficient (Wildman–Crippen LogP) is 1.37. The molecule has 2 aliphatic rings. The second kappa shape index (κ2) is 5.28. The molecule has 3 atom stereocenters. The Morgan fingerprint density at radius 3 is 2.80 bits per heavy atom. The number of nitrogens with two attached hydrogens (primary N) is 1. The van der Waals surface area contributed by atoms with E-state index in [4.69, 9.17) is 10.5 Å². The van der Waals surface area contributed by atoms with Crippen molar-refractivity contribution in [1.29, 1.82) is 0 Å². The molecule has 0 radical (unpaired) electrons. The van der Waals surface area contributed by atoms with Crippen LogP contribution in [-0.4, -0.2) is 42.8 Å². The Labute approximate surface area is 93.0 Å². The van der Waals surface area contributed by atoms with Crippen molar-refractivity contribution in [2.75, 3.05) is 19.8 Å². The first-order valence-electron chi connectivity index (χ1n) is 6.38. The Balaban J connectivity index is 1.96. The molecule has 3 unspecified atom stereocenters. The number of hydrogen-bond acceptors (Lipinski definition) is 3. The molecule has 2 heterocycles. The molecular formula is C12H24N2O. The largest absolute Gasteiger partial charge is 0.380 e. The smallest absolute Gasteiger partial charge is 0.0621 e. The van der Waals surface area contributed by atoms with Crippen LogP contribution in [0.4, 0.5) is 0 Å². The van der Waals surface area contributed by atoms with Crippen molar-refractivity contribution in [3.05, 3.63) is 0 Å². The van der Waals surface area contributed by atoms with Crippen molar-refractivity contribution in [2.45, 2.75) is 57.2 Å². The third-order valence-corrected chi connectivity index (χ3v) is 3.80. The van der Waals surface area contributed by atoms with E-state index in [1.807, 2.05) is 0 Å². The summed E-state index contributed by atoms with van der Waals surface area (Å²) in [4.78, 5) is 2.62. The lowest BCUT2D eigenvalue weighted by Gasteiger charge is -2.44. The highest BCUT2D eigenvalue weighted by Crippen LogP contribution is 2.25. The van der Waals surface area contributed by atoms with Gasteiger partial charge in [0.1, 0.15) is 0 Å². The van der Waals surface area contributed by atoms with Crippen molar-refractivity contribution in [1.82, 2.24) is 4.90 Å². The third-order valence-electron chi connectivity index (χ3n) is 3.80. The fourth-order valence-electron chi connectivity index (χ4n) is 2.98. The van der Waals surface area contributed by atoms with Gasteiger partial charge < -0.3 is 10.5 Å². The van der Waals surface area contributed by atoms with Crippen molar-refractivity contribution in [3.63, 3.8) is 0 Å². The van der Waals surface area contributed by atoms with Gasteiger partial charge in [-0.25, -0.2) is 0 Å². The monoisotopic (exact) mass is 212 g/mol.